The summed E-state index contributed by atoms with van der Waals surface area (Å²) in [6.07, 6.45) is -3.91. The Morgan fingerprint density at radius 3 is 2.22 bits per heavy atom. The third-order valence-corrected chi connectivity index (χ3v) is 13.0. The van der Waals surface area contributed by atoms with Crippen molar-refractivity contribution in [3.05, 3.63) is 74.8 Å². The zero-order valence-electron chi connectivity index (χ0n) is 35.8. The number of carbonyl (C=O) groups is 4. The minimum absolute atomic E-state index is 0.0202. The Kier molecular flexibility index (Phi) is 16.0. The normalized spacial score (nSPS) is 18.0. The average Bonchev–Trinajstić information content (AvgIpc) is 3.49. The number of nitrogens with one attached hydrogen (secondary N) is 5. The van der Waals surface area contributed by atoms with E-state index >= 15 is 0 Å². The standard InChI is InChI=1S/C39H54N10O12Si2/c1-62(2,3)17-15-59-36(56)25(11-12-28(51)44-27-13-14-49(38(57)45-27)35-31(53)30(52)26(21-50)61-35)43-33(54)22-7-9-23(10-8-22)40-19-24-20-41-32-29(42-24)34(55)47-37(46-32)48-39(58)60-16-18-63(4,5)6/h7-10,13-14,20,25-26,30-31,35,40,50,52-53H,11-12,15-19,21H2,1-6H3,(H,43,54)(H,44,45,51,57)(H2,41,46,47,48,55,58)/t25-,26+,30+,31+,35+/m0/s1. The van der Waals surface area contributed by atoms with Crippen LogP contribution in [-0.4, -0.2) is 129 Å². The fraction of sp³-hybridized carbons (Fsp3) is 0.487. The second-order valence-electron chi connectivity index (χ2n) is 17.3. The third kappa shape index (κ3) is 14.0. The molecule has 1 fully saturated rings. The van der Waals surface area contributed by atoms with Crippen LogP contribution in [0.15, 0.2) is 52.3 Å². The maximum atomic E-state index is 13.4. The molecule has 4 heterocycles. The van der Waals surface area contributed by atoms with Crippen LogP contribution in [0.3, 0.4) is 0 Å². The zero-order chi connectivity index (χ0) is 46.1. The zero-order valence-corrected chi connectivity index (χ0v) is 37.8. The number of aliphatic hydroxyl groups is 3. The van der Waals surface area contributed by atoms with Crippen LogP contribution in [0, 0.1) is 0 Å². The monoisotopic (exact) mass is 910 g/mol. The van der Waals surface area contributed by atoms with E-state index in [4.69, 9.17) is 14.2 Å². The summed E-state index contributed by atoms with van der Waals surface area (Å²) in [6, 6.07) is 7.83. The number of aliphatic hydroxyl groups excluding tert-OH is 3. The Morgan fingerprint density at radius 2 is 1.59 bits per heavy atom. The molecule has 4 aromatic rings. The third-order valence-electron chi connectivity index (χ3n) is 9.63. The van der Waals surface area contributed by atoms with E-state index in [-0.39, 0.29) is 61.1 Å². The Bertz CT molecular complexity index is 2390. The van der Waals surface area contributed by atoms with Gasteiger partial charge in [-0.15, -0.1) is 0 Å². The summed E-state index contributed by atoms with van der Waals surface area (Å²) in [7, 11) is -2.98. The lowest BCUT2D eigenvalue weighted by Gasteiger charge is -2.20. The summed E-state index contributed by atoms with van der Waals surface area (Å²) in [5, 5.41) is 40.3. The lowest BCUT2D eigenvalue weighted by Crippen LogP contribution is -2.42. The molecule has 3 aromatic heterocycles. The number of fused-ring (bicyclic) bond motifs is 1. The maximum Gasteiger partial charge on any atom is 0.413 e. The largest absolute Gasteiger partial charge is 0.464 e. The van der Waals surface area contributed by atoms with Gasteiger partial charge in [0.25, 0.3) is 11.5 Å². The van der Waals surface area contributed by atoms with Crippen molar-refractivity contribution in [3.63, 3.8) is 0 Å². The molecule has 8 N–H and O–H groups in total. The van der Waals surface area contributed by atoms with Gasteiger partial charge < -0.3 is 45.5 Å². The summed E-state index contributed by atoms with van der Waals surface area (Å²) < 4.78 is 17.0. The highest BCUT2D eigenvalue weighted by atomic mass is 28.3. The number of esters is 1. The van der Waals surface area contributed by atoms with E-state index in [1.54, 1.807) is 12.1 Å². The molecule has 5 rings (SSSR count). The lowest BCUT2D eigenvalue weighted by atomic mass is 10.1. The number of rotatable bonds is 19. The number of amides is 3. The van der Waals surface area contributed by atoms with Crippen LogP contribution in [0.4, 0.5) is 22.2 Å². The maximum absolute atomic E-state index is 13.4. The van der Waals surface area contributed by atoms with E-state index in [9.17, 15) is 44.1 Å². The number of H-pyrrole nitrogens is 1. The highest BCUT2D eigenvalue weighted by Gasteiger charge is 2.43. The molecule has 0 saturated carbocycles. The molecule has 3 amide bonds. The minimum Gasteiger partial charge on any atom is -0.464 e. The van der Waals surface area contributed by atoms with Gasteiger partial charge in [0.05, 0.1) is 38.3 Å². The van der Waals surface area contributed by atoms with Crippen molar-refractivity contribution in [2.24, 2.45) is 0 Å². The van der Waals surface area contributed by atoms with Crippen molar-refractivity contribution in [3.8, 4) is 0 Å². The molecule has 1 aromatic carbocycles. The fourth-order valence-electron chi connectivity index (χ4n) is 5.93. The molecule has 1 aliphatic heterocycles. The predicted molar refractivity (Wildman–Crippen MR) is 235 cm³/mol. The van der Waals surface area contributed by atoms with E-state index in [0.29, 0.717) is 17.4 Å². The number of anilines is 3. The van der Waals surface area contributed by atoms with Gasteiger partial charge in [-0.1, -0.05) is 39.3 Å². The van der Waals surface area contributed by atoms with Crippen LogP contribution in [-0.2, 0) is 30.3 Å². The first-order valence-corrected chi connectivity index (χ1v) is 27.6. The number of benzene rings is 1. The predicted octanol–water partition coefficient (Wildman–Crippen LogP) is 1.78. The summed E-state index contributed by atoms with van der Waals surface area (Å²) >= 11 is 0. The van der Waals surface area contributed by atoms with Crippen LogP contribution in [0.25, 0.3) is 11.2 Å². The molecule has 0 unspecified atom stereocenters. The van der Waals surface area contributed by atoms with Crippen molar-refractivity contribution in [1.82, 2.24) is 34.8 Å². The van der Waals surface area contributed by atoms with Crippen molar-refractivity contribution >= 4 is 68.6 Å². The first-order valence-electron chi connectivity index (χ1n) is 20.2. The first kappa shape index (κ1) is 48.1. The number of ether oxygens (including phenoxy) is 3. The van der Waals surface area contributed by atoms with Gasteiger partial charge in [-0.2, -0.15) is 9.97 Å². The summed E-state index contributed by atoms with van der Waals surface area (Å²) in [6.45, 7) is 12.8. The summed E-state index contributed by atoms with van der Waals surface area (Å²) in [4.78, 5) is 96.2. The molecule has 5 atom stereocenters. The Balaban J connectivity index is 1.16. The van der Waals surface area contributed by atoms with Crippen molar-refractivity contribution < 1.29 is 48.7 Å². The topological polar surface area (TPSA) is 311 Å². The van der Waals surface area contributed by atoms with E-state index < -0.39 is 88.5 Å². The van der Waals surface area contributed by atoms with Crippen molar-refractivity contribution in [2.45, 2.75) is 101 Å². The molecule has 0 spiro atoms. The van der Waals surface area contributed by atoms with Crippen LogP contribution >= 0.6 is 0 Å². The molecule has 0 aliphatic carbocycles. The summed E-state index contributed by atoms with van der Waals surface area (Å²) in [5.74, 6) is -2.21. The highest BCUT2D eigenvalue weighted by molar-refractivity contribution is 6.76. The molecule has 340 valence electrons. The number of nitrogens with zero attached hydrogens (tertiary/aromatic N) is 5. The minimum atomic E-state index is -1.57. The number of hydrogen-bond acceptors (Lipinski definition) is 17. The molecule has 1 aliphatic rings. The van der Waals surface area contributed by atoms with Gasteiger partial charge in [-0.25, -0.2) is 24.4 Å². The Labute approximate surface area is 363 Å². The number of carbonyl (C=O) groups excluding carboxylic acids is 4. The molecular weight excluding hydrogens is 857 g/mol. The van der Waals surface area contributed by atoms with Gasteiger partial charge in [0, 0.05) is 40.0 Å². The van der Waals surface area contributed by atoms with Gasteiger partial charge in [0.15, 0.2) is 17.4 Å². The Hall–Kier alpha value is -5.93. The lowest BCUT2D eigenvalue weighted by molar-refractivity contribution is -0.145. The molecular formula is C39H54N10O12Si2. The quantitative estimate of drug-likeness (QED) is 0.0491. The molecule has 22 nitrogen and oxygen atoms in total. The molecule has 0 bridgehead atoms. The van der Waals surface area contributed by atoms with Crippen LogP contribution in [0.2, 0.25) is 51.4 Å². The van der Waals surface area contributed by atoms with Crippen LogP contribution in [0.1, 0.15) is 35.1 Å². The highest BCUT2D eigenvalue weighted by Crippen LogP contribution is 2.28. The molecule has 1 saturated heterocycles. The number of aromatic amines is 1. The number of aromatic nitrogens is 6. The second-order valence-corrected chi connectivity index (χ2v) is 28.5. The number of hydrogen-bond donors (Lipinski definition) is 8. The van der Waals surface area contributed by atoms with E-state index in [2.05, 4.69) is 85.5 Å². The second kappa shape index (κ2) is 21.0. The van der Waals surface area contributed by atoms with Crippen molar-refractivity contribution in [2.75, 3.05) is 35.8 Å². The van der Waals surface area contributed by atoms with Gasteiger partial charge in [-0.3, -0.25) is 29.3 Å². The van der Waals surface area contributed by atoms with Crippen LogP contribution < -0.4 is 32.5 Å². The van der Waals surface area contributed by atoms with E-state index in [1.807, 2.05) is 0 Å². The smallest absolute Gasteiger partial charge is 0.413 e. The van der Waals surface area contributed by atoms with Crippen molar-refractivity contribution in [1.29, 1.82) is 0 Å². The Morgan fingerprint density at radius 1 is 0.905 bits per heavy atom. The van der Waals surface area contributed by atoms with E-state index in [0.717, 1.165) is 10.6 Å². The fourth-order valence-corrected chi connectivity index (χ4v) is 7.36. The first-order chi connectivity index (χ1) is 29.7. The molecule has 0 radical (unpaired) electrons. The average molecular weight is 911 g/mol. The van der Waals surface area contributed by atoms with Gasteiger partial charge in [0.1, 0.15) is 30.2 Å². The SMILES string of the molecule is C[Si](C)(C)CCOC(=O)Nc1nc2ncc(CNc3ccc(C(=O)N[C@@H](CCC(=O)Nc4ccn([C@@H]5O[C@H](CO)[C@@H](O)[C@H]5O)c(=O)n4)C(=O)OCC[Si](C)(C)C)cc3)nc2c(=O)[nH]1. The van der Waals surface area contributed by atoms with Gasteiger partial charge >= 0.3 is 17.8 Å². The van der Waals surface area contributed by atoms with Crippen LogP contribution in [0.5, 0.6) is 0 Å². The molecule has 24 heteroatoms. The van der Waals surface area contributed by atoms with E-state index in [1.165, 1.54) is 30.6 Å². The summed E-state index contributed by atoms with van der Waals surface area (Å²) in [5.41, 5.74) is -0.343. The van der Waals surface area contributed by atoms with Gasteiger partial charge in [-0.05, 0) is 48.8 Å². The molecule has 63 heavy (non-hydrogen) atoms. The van der Waals surface area contributed by atoms with Gasteiger partial charge in [0.2, 0.25) is 11.9 Å².